The van der Waals surface area contributed by atoms with Gasteiger partial charge in [0.15, 0.2) is 5.96 Å². The topological polar surface area (TPSA) is 53.6 Å². The van der Waals surface area contributed by atoms with Crippen LogP contribution in [0.4, 0.5) is 0 Å². The summed E-state index contributed by atoms with van der Waals surface area (Å²) in [5, 5.41) is 3.16. The molecule has 1 unspecified atom stereocenters. The molecule has 0 aromatic heterocycles. The lowest BCUT2D eigenvalue weighted by Gasteiger charge is -2.38. The van der Waals surface area contributed by atoms with Gasteiger partial charge in [-0.2, -0.15) is 0 Å². The van der Waals surface area contributed by atoms with E-state index in [1.54, 1.807) is 0 Å². The first-order chi connectivity index (χ1) is 8.90. The van der Waals surface area contributed by atoms with E-state index in [0.29, 0.717) is 24.0 Å². The maximum atomic E-state index is 5.90. The zero-order chi connectivity index (χ0) is 14.4. The monoisotopic (exact) mass is 396 g/mol. The number of hydrogen-bond acceptors (Lipinski definition) is 2. The van der Waals surface area contributed by atoms with E-state index in [-0.39, 0.29) is 24.0 Å². The second-order valence-electron chi connectivity index (χ2n) is 6.55. The van der Waals surface area contributed by atoms with E-state index in [9.17, 15) is 0 Å². The van der Waals surface area contributed by atoms with Gasteiger partial charge in [-0.05, 0) is 51.6 Å². The van der Waals surface area contributed by atoms with Crippen LogP contribution >= 0.6 is 24.0 Å². The van der Waals surface area contributed by atoms with Crippen molar-refractivity contribution < 1.29 is 0 Å². The summed E-state index contributed by atoms with van der Waals surface area (Å²) in [7, 11) is 0. The molecule has 1 rings (SSSR count). The molecule has 0 amide bonds. The largest absolute Gasteiger partial charge is 0.370 e. The van der Waals surface area contributed by atoms with Crippen molar-refractivity contribution in [1.82, 2.24) is 10.2 Å². The van der Waals surface area contributed by atoms with Crippen molar-refractivity contribution >= 4 is 29.9 Å². The van der Waals surface area contributed by atoms with Crippen molar-refractivity contribution in [2.75, 3.05) is 19.6 Å². The van der Waals surface area contributed by atoms with E-state index in [4.69, 9.17) is 5.73 Å². The molecule has 0 aromatic carbocycles. The standard InChI is InChI=1S/C15H32N4.HI/c1-11(2)14(10-17-15(16)18-12(3)4)19-8-6-13(5)7-9-19;/h11-14H,6-10H2,1-5H3,(H3,16,17,18);1H. The number of rotatable bonds is 5. The molecule has 4 nitrogen and oxygen atoms in total. The fraction of sp³-hybridized carbons (Fsp3) is 0.933. The summed E-state index contributed by atoms with van der Waals surface area (Å²) in [5.74, 6) is 2.07. The number of piperidine rings is 1. The predicted octanol–water partition coefficient (Wildman–Crippen LogP) is 2.67. The average Bonchev–Trinajstić information content (AvgIpc) is 2.30. The highest BCUT2D eigenvalue weighted by molar-refractivity contribution is 14.0. The second kappa shape index (κ2) is 9.82. The molecule has 1 saturated heterocycles. The zero-order valence-corrected chi connectivity index (χ0v) is 16.1. The fourth-order valence-electron chi connectivity index (χ4n) is 2.64. The van der Waals surface area contributed by atoms with Crippen LogP contribution in [0.25, 0.3) is 0 Å². The summed E-state index contributed by atoms with van der Waals surface area (Å²) in [6.07, 6.45) is 2.62. The lowest BCUT2D eigenvalue weighted by Crippen LogP contribution is -2.46. The molecule has 0 spiro atoms. The van der Waals surface area contributed by atoms with E-state index in [1.165, 1.54) is 25.9 Å². The SMILES string of the molecule is CC1CCN(C(CN=C(N)NC(C)C)C(C)C)CC1.I. The smallest absolute Gasteiger partial charge is 0.188 e. The summed E-state index contributed by atoms with van der Waals surface area (Å²) < 4.78 is 0. The van der Waals surface area contributed by atoms with Crippen molar-refractivity contribution in [2.24, 2.45) is 22.6 Å². The second-order valence-corrected chi connectivity index (χ2v) is 6.55. The normalized spacial score (nSPS) is 20.1. The number of nitrogens with two attached hydrogens (primary N) is 1. The third-order valence-electron chi connectivity index (χ3n) is 3.94. The molecule has 0 aliphatic carbocycles. The molecule has 5 heteroatoms. The van der Waals surface area contributed by atoms with E-state index in [2.05, 4.69) is 49.8 Å². The highest BCUT2D eigenvalue weighted by Gasteiger charge is 2.25. The minimum Gasteiger partial charge on any atom is -0.370 e. The number of guanidine groups is 1. The molecule has 1 aliphatic heterocycles. The minimum absolute atomic E-state index is 0. The van der Waals surface area contributed by atoms with Gasteiger partial charge in [0.25, 0.3) is 0 Å². The van der Waals surface area contributed by atoms with Crippen LogP contribution in [0.15, 0.2) is 4.99 Å². The first kappa shape index (κ1) is 20.0. The number of halogens is 1. The first-order valence-electron chi connectivity index (χ1n) is 7.70. The van der Waals surface area contributed by atoms with Gasteiger partial charge >= 0.3 is 0 Å². The van der Waals surface area contributed by atoms with Crippen LogP contribution in [-0.2, 0) is 0 Å². The number of nitrogens with one attached hydrogen (secondary N) is 1. The fourth-order valence-corrected chi connectivity index (χ4v) is 2.64. The minimum atomic E-state index is 0. The Labute approximate surface area is 142 Å². The van der Waals surface area contributed by atoms with Crippen LogP contribution in [0.2, 0.25) is 0 Å². The molecule has 120 valence electrons. The van der Waals surface area contributed by atoms with E-state index in [0.717, 1.165) is 12.5 Å². The van der Waals surface area contributed by atoms with Crippen molar-refractivity contribution in [3.63, 3.8) is 0 Å². The Morgan fingerprint density at radius 2 is 1.80 bits per heavy atom. The van der Waals surface area contributed by atoms with Crippen molar-refractivity contribution in [1.29, 1.82) is 0 Å². The molecule has 0 bridgehead atoms. The van der Waals surface area contributed by atoms with Crippen molar-refractivity contribution in [3.05, 3.63) is 0 Å². The van der Waals surface area contributed by atoms with E-state index >= 15 is 0 Å². The Balaban J connectivity index is 0.00000361. The molecule has 1 fully saturated rings. The van der Waals surface area contributed by atoms with Crippen LogP contribution in [0.5, 0.6) is 0 Å². The molecule has 20 heavy (non-hydrogen) atoms. The summed E-state index contributed by atoms with van der Waals surface area (Å²) in [5.41, 5.74) is 5.90. The molecule has 3 N–H and O–H groups in total. The lowest BCUT2D eigenvalue weighted by molar-refractivity contribution is 0.113. The van der Waals surface area contributed by atoms with Gasteiger partial charge in [0.1, 0.15) is 0 Å². The maximum Gasteiger partial charge on any atom is 0.188 e. The highest BCUT2D eigenvalue weighted by Crippen LogP contribution is 2.21. The Hall–Kier alpha value is -0.0400. The summed E-state index contributed by atoms with van der Waals surface area (Å²) >= 11 is 0. The van der Waals surface area contributed by atoms with Gasteiger partial charge in [-0.3, -0.25) is 9.89 Å². The molecule has 0 aromatic rings. The van der Waals surface area contributed by atoms with Crippen LogP contribution in [-0.4, -0.2) is 42.6 Å². The van der Waals surface area contributed by atoms with E-state index in [1.807, 2.05) is 0 Å². The van der Waals surface area contributed by atoms with Crippen LogP contribution in [0, 0.1) is 11.8 Å². The molecule has 0 saturated carbocycles. The number of aliphatic imine (C=N–C) groups is 1. The number of likely N-dealkylation sites (tertiary alicyclic amines) is 1. The van der Waals surface area contributed by atoms with Crippen molar-refractivity contribution in [2.45, 2.75) is 59.5 Å². The first-order valence-corrected chi connectivity index (χ1v) is 7.70. The van der Waals surface area contributed by atoms with Crippen LogP contribution in [0.3, 0.4) is 0 Å². The van der Waals surface area contributed by atoms with Crippen molar-refractivity contribution in [3.8, 4) is 0 Å². The van der Waals surface area contributed by atoms with Gasteiger partial charge in [0, 0.05) is 12.1 Å². The predicted molar refractivity (Wildman–Crippen MR) is 98.8 cm³/mol. The zero-order valence-electron chi connectivity index (χ0n) is 13.7. The molecular weight excluding hydrogens is 363 g/mol. The Kier molecular flexibility index (Phi) is 9.80. The molecule has 1 heterocycles. The Bertz CT molecular complexity index is 284. The summed E-state index contributed by atoms with van der Waals surface area (Å²) in [6.45, 7) is 14.3. The van der Waals surface area contributed by atoms with Crippen LogP contribution < -0.4 is 11.1 Å². The Morgan fingerprint density at radius 3 is 2.25 bits per heavy atom. The summed E-state index contributed by atoms with van der Waals surface area (Å²) in [6, 6.07) is 0.858. The molecular formula is C15H33IN4. The number of nitrogens with zero attached hydrogens (tertiary/aromatic N) is 2. The van der Waals surface area contributed by atoms with Gasteiger partial charge < -0.3 is 11.1 Å². The number of hydrogen-bond donors (Lipinski definition) is 2. The van der Waals surface area contributed by atoms with Gasteiger partial charge in [-0.25, -0.2) is 0 Å². The van der Waals surface area contributed by atoms with Gasteiger partial charge in [-0.1, -0.05) is 20.8 Å². The molecule has 1 aliphatic rings. The summed E-state index contributed by atoms with van der Waals surface area (Å²) in [4.78, 5) is 7.12. The van der Waals surface area contributed by atoms with E-state index < -0.39 is 0 Å². The third kappa shape index (κ3) is 7.11. The van der Waals surface area contributed by atoms with Crippen LogP contribution in [0.1, 0.15) is 47.5 Å². The van der Waals surface area contributed by atoms with Gasteiger partial charge in [0.05, 0.1) is 6.54 Å². The highest BCUT2D eigenvalue weighted by atomic mass is 127. The van der Waals surface area contributed by atoms with Gasteiger partial charge in [-0.15, -0.1) is 24.0 Å². The Morgan fingerprint density at radius 1 is 1.25 bits per heavy atom. The quantitative estimate of drug-likeness (QED) is 0.427. The maximum absolute atomic E-state index is 5.90. The molecule has 0 radical (unpaired) electrons. The lowest BCUT2D eigenvalue weighted by atomic mass is 9.94. The average molecular weight is 396 g/mol. The third-order valence-corrected chi connectivity index (χ3v) is 3.94. The van der Waals surface area contributed by atoms with Gasteiger partial charge in [0.2, 0.25) is 0 Å². The molecule has 1 atom stereocenters.